The third-order valence-electron chi connectivity index (χ3n) is 4.55. The van der Waals surface area contributed by atoms with Gasteiger partial charge in [-0.15, -0.1) is 0 Å². The minimum absolute atomic E-state index is 0.103. The van der Waals surface area contributed by atoms with Crippen LogP contribution in [0, 0.1) is 0 Å². The fraction of sp³-hybridized carbons (Fsp3) is 0.611. The Kier molecular flexibility index (Phi) is 7.31. The normalized spacial score (nSPS) is 12.0. The smallest absolute Gasteiger partial charge is 0.356 e. The standard InChI is InChI=1S/C18H29NO5Si/c1-18(2,3)25(6,7)24-10-8-9-13-11-14(16(20)22-4)19-15(12-13)17(21)23-5/h11-12H,8-10H2,1-7H3. The Morgan fingerprint density at radius 1 is 1.04 bits per heavy atom. The SMILES string of the molecule is COC(=O)c1cc(CCCO[Si](C)(C)C(C)(C)C)cc(C(=O)OC)n1. The van der Waals surface area contributed by atoms with Crippen LogP contribution >= 0.6 is 0 Å². The first-order valence-corrected chi connectivity index (χ1v) is 11.2. The van der Waals surface area contributed by atoms with Gasteiger partial charge in [0, 0.05) is 6.61 Å². The lowest BCUT2D eigenvalue weighted by Gasteiger charge is -2.36. The molecule has 0 aromatic carbocycles. The fourth-order valence-corrected chi connectivity index (χ4v) is 3.06. The van der Waals surface area contributed by atoms with Crippen LogP contribution in [0.2, 0.25) is 18.1 Å². The van der Waals surface area contributed by atoms with Gasteiger partial charge in [-0.25, -0.2) is 14.6 Å². The molecule has 140 valence electrons. The van der Waals surface area contributed by atoms with E-state index in [4.69, 9.17) is 13.9 Å². The van der Waals surface area contributed by atoms with Crippen molar-refractivity contribution in [1.29, 1.82) is 0 Å². The number of hydrogen-bond acceptors (Lipinski definition) is 6. The number of nitrogens with zero attached hydrogens (tertiary/aromatic N) is 1. The average Bonchev–Trinajstić information content (AvgIpc) is 2.55. The molecule has 0 saturated heterocycles. The second-order valence-electron chi connectivity index (χ2n) is 7.44. The molecule has 1 aromatic heterocycles. The number of carbonyl (C=O) groups excluding carboxylic acids is 2. The number of hydrogen-bond donors (Lipinski definition) is 0. The van der Waals surface area contributed by atoms with Crippen LogP contribution in [0.1, 0.15) is 53.7 Å². The van der Waals surface area contributed by atoms with Crippen LogP contribution in [0.4, 0.5) is 0 Å². The number of aromatic nitrogens is 1. The van der Waals surface area contributed by atoms with Crippen molar-refractivity contribution in [2.75, 3.05) is 20.8 Å². The van der Waals surface area contributed by atoms with Gasteiger partial charge in [0.05, 0.1) is 14.2 Å². The third kappa shape index (κ3) is 5.93. The Morgan fingerprint density at radius 2 is 1.52 bits per heavy atom. The summed E-state index contributed by atoms with van der Waals surface area (Å²) in [6.07, 6.45) is 1.46. The van der Waals surface area contributed by atoms with E-state index in [2.05, 4.69) is 38.8 Å². The van der Waals surface area contributed by atoms with Gasteiger partial charge in [0.25, 0.3) is 0 Å². The minimum atomic E-state index is -1.77. The predicted octanol–water partition coefficient (Wildman–Crippen LogP) is 3.61. The van der Waals surface area contributed by atoms with Crippen LogP contribution in [0.25, 0.3) is 0 Å². The maximum atomic E-state index is 11.7. The molecule has 1 rings (SSSR count). The molecule has 6 nitrogen and oxygen atoms in total. The fourth-order valence-electron chi connectivity index (χ4n) is 1.97. The Balaban J connectivity index is 2.81. The van der Waals surface area contributed by atoms with Crippen LogP contribution in [0.3, 0.4) is 0 Å². The second-order valence-corrected chi connectivity index (χ2v) is 12.3. The van der Waals surface area contributed by atoms with Gasteiger partial charge < -0.3 is 13.9 Å². The number of carbonyl (C=O) groups is 2. The lowest BCUT2D eigenvalue weighted by molar-refractivity contribution is 0.0585. The van der Waals surface area contributed by atoms with Crippen LogP contribution in [0.15, 0.2) is 12.1 Å². The topological polar surface area (TPSA) is 74.7 Å². The highest BCUT2D eigenvalue weighted by Gasteiger charge is 2.36. The number of ether oxygens (including phenoxy) is 2. The van der Waals surface area contributed by atoms with Crippen molar-refractivity contribution in [2.45, 2.75) is 51.7 Å². The van der Waals surface area contributed by atoms with Crippen molar-refractivity contribution in [3.8, 4) is 0 Å². The van der Waals surface area contributed by atoms with Gasteiger partial charge in [0.2, 0.25) is 0 Å². The van der Waals surface area contributed by atoms with Gasteiger partial charge in [-0.2, -0.15) is 0 Å². The minimum Gasteiger partial charge on any atom is -0.464 e. The number of rotatable bonds is 7. The van der Waals surface area contributed by atoms with Gasteiger partial charge in [0.1, 0.15) is 11.4 Å². The molecular formula is C18H29NO5Si. The molecule has 0 aliphatic carbocycles. The molecule has 0 N–H and O–H groups in total. The van der Waals surface area contributed by atoms with E-state index in [0.29, 0.717) is 13.0 Å². The summed E-state index contributed by atoms with van der Waals surface area (Å²) in [5, 5.41) is 0.166. The lowest BCUT2D eigenvalue weighted by atomic mass is 10.1. The zero-order chi connectivity index (χ0) is 19.3. The van der Waals surface area contributed by atoms with E-state index in [0.717, 1.165) is 12.0 Å². The summed E-state index contributed by atoms with van der Waals surface area (Å²) in [4.78, 5) is 27.5. The summed E-state index contributed by atoms with van der Waals surface area (Å²) in [6.45, 7) is 11.7. The van der Waals surface area contributed by atoms with E-state index >= 15 is 0 Å². The van der Waals surface area contributed by atoms with Gasteiger partial charge in [0.15, 0.2) is 8.32 Å². The highest BCUT2D eigenvalue weighted by atomic mass is 28.4. The van der Waals surface area contributed by atoms with E-state index in [-0.39, 0.29) is 16.4 Å². The first-order chi connectivity index (χ1) is 11.5. The summed E-state index contributed by atoms with van der Waals surface area (Å²) < 4.78 is 15.5. The molecule has 1 heterocycles. The highest BCUT2D eigenvalue weighted by molar-refractivity contribution is 6.74. The molecular weight excluding hydrogens is 338 g/mol. The van der Waals surface area contributed by atoms with Crippen molar-refractivity contribution >= 4 is 20.3 Å². The molecule has 0 radical (unpaired) electrons. The first kappa shape index (κ1) is 21.3. The Morgan fingerprint density at radius 3 is 1.92 bits per heavy atom. The van der Waals surface area contributed by atoms with Gasteiger partial charge in [-0.3, -0.25) is 0 Å². The van der Waals surface area contributed by atoms with E-state index in [1.165, 1.54) is 14.2 Å². The number of pyridine rings is 1. The van der Waals surface area contributed by atoms with Crippen molar-refractivity contribution in [3.05, 3.63) is 29.1 Å². The summed E-state index contributed by atoms with van der Waals surface area (Å²) in [5.74, 6) is -1.16. The monoisotopic (exact) mass is 367 g/mol. The lowest BCUT2D eigenvalue weighted by Crippen LogP contribution is -2.41. The van der Waals surface area contributed by atoms with Crippen molar-refractivity contribution < 1.29 is 23.5 Å². The zero-order valence-electron chi connectivity index (χ0n) is 16.3. The third-order valence-corrected chi connectivity index (χ3v) is 9.09. The molecule has 0 aliphatic rings. The largest absolute Gasteiger partial charge is 0.464 e. The average molecular weight is 368 g/mol. The zero-order valence-corrected chi connectivity index (χ0v) is 17.3. The Bertz CT molecular complexity index is 588. The molecule has 25 heavy (non-hydrogen) atoms. The van der Waals surface area contributed by atoms with Gasteiger partial charge >= 0.3 is 11.9 Å². The molecule has 0 spiro atoms. The molecule has 0 amide bonds. The molecule has 7 heteroatoms. The number of esters is 2. The summed E-state index contributed by atoms with van der Waals surface area (Å²) in [6, 6.07) is 3.29. The summed E-state index contributed by atoms with van der Waals surface area (Å²) in [7, 11) is 0.786. The van der Waals surface area contributed by atoms with Crippen LogP contribution in [-0.2, 0) is 20.3 Å². The van der Waals surface area contributed by atoms with E-state index in [9.17, 15) is 9.59 Å². The van der Waals surface area contributed by atoms with Gasteiger partial charge in [-0.1, -0.05) is 20.8 Å². The predicted molar refractivity (Wildman–Crippen MR) is 98.4 cm³/mol. The van der Waals surface area contributed by atoms with Crippen molar-refractivity contribution in [2.24, 2.45) is 0 Å². The number of methoxy groups -OCH3 is 2. The maximum Gasteiger partial charge on any atom is 0.356 e. The Labute approximate surface area is 151 Å². The number of aryl methyl sites for hydroxylation is 1. The van der Waals surface area contributed by atoms with Crippen molar-refractivity contribution in [1.82, 2.24) is 4.98 Å². The molecule has 1 aromatic rings. The quantitative estimate of drug-likeness (QED) is 0.416. The summed E-state index contributed by atoms with van der Waals surface area (Å²) in [5.41, 5.74) is 1.03. The maximum absolute atomic E-state index is 11.7. The van der Waals surface area contributed by atoms with Crippen LogP contribution in [-0.4, -0.2) is 46.1 Å². The van der Waals surface area contributed by atoms with Crippen LogP contribution < -0.4 is 0 Å². The van der Waals surface area contributed by atoms with E-state index in [1.807, 2.05) is 0 Å². The molecule has 0 bridgehead atoms. The first-order valence-electron chi connectivity index (χ1n) is 8.33. The van der Waals surface area contributed by atoms with E-state index in [1.54, 1.807) is 12.1 Å². The summed E-state index contributed by atoms with van der Waals surface area (Å²) >= 11 is 0. The van der Waals surface area contributed by atoms with E-state index < -0.39 is 20.3 Å². The van der Waals surface area contributed by atoms with Gasteiger partial charge in [-0.05, 0) is 48.7 Å². The van der Waals surface area contributed by atoms with Crippen LogP contribution in [0.5, 0.6) is 0 Å². The second kappa shape index (κ2) is 8.58. The molecule has 0 unspecified atom stereocenters. The molecule has 0 aliphatic heterocycles. The molecule has 0 fully saturated rings. The Hall–Kier alpha value is -1.73. The highest BCUT2D eigenvalue weighted by Crippen LogP contribution is 2.36. The van der Waals surface area contributed by atoms with Crippen molar-refractivity contribution in [3.63, 3.8) is 0 Å². The molecule has 0 atom stereocenters. The molecule has 0 saturated carbocycles.